The number of hydrogen-bond acceptors (Lipinski definition) is 2. The summed E-state index contributed by atoms with van der Waals surface area (Å²) < 4.78 is 13.0. The molecule has 1 aliphatic heterocycles. The van der Waals surface area contributed by atoms with Crippen molar-refractivity contribution >= 4 is 17.6 Å². The fraction of sp³-hybridized carbons (Fsp3) is 0.357. The van der Waals surface area contributed by atoms with Gasteiger partial charge in [0.1, 0.15) is 11.7 Å². The average Bonchev–Trinajstić information content (AvgIpc) is 2.38. The van der Waals surface area contributed by atoms with Crippen LogP contribution in [0, 0.1) is 17.7 Å². The van der Waals surface area contributed by atoms with E-state index in [1.807, 2.05) is 13.8 Å². The smallest absolute Gasteiger partial charge is 0.341 e. The monoisotopic (exact) mass is 277 g/mol. The van der Waals surface area contributed by atoms with E-state index in [1.54, 1.807) is 0 Å². The summed E-state index contributed by atoms with van der Waals surface area (Å²) in [4.78, 5) is 27.3. The second kappa shape index (κ2) is 5.40. The summed E-state index contributed by atoms with van der Waals surface area (Å²) >= 11 is 0. The van der Waals surface area contributed by atoms with Crippen molar-refractivity contribution in [2.45, 2.75) is 19.9 Å². The molecule has 0 aliphatic carbocycles. The van der Waals surface area contributed by atoms with Crippen LogP contribution < -0.4 is 11.1 Å². The predicted molar refractivity (Wildman–Crippen MR) is 72.6 cm³/mol. The third-order valence-electron chi connectivity index (χ3n) is 3.29. The summed E-state index contributed by atoms with van der Waals surface area (Å²) in [6.45, 7) is 3.68. The minimum absolute atomic E-state index is 0.0819. The maximum atomic E-state index is 13.0. The highest BCUT2D eigenvalue weighted by Crippen LogP contribution is 2.29. The zero-order valence-corrected chi connectivity index (χ0v) is 11.3. The topological polar surface area (TPSA) is 84.6 Å². The van der Waals surface area contributed by atoms with Crippen LogP contribution in [0.15, 0.2) is 29.3 Å². The first kappa shape index (κ1) is 14.2. The van der Waals surface area contributed by atoms with Crippen LogP contribution in [0.1, 0.15) is 25.5 Å². The maximum Gasteiger partial charge on any atom is 0.341 e. The molecule has 0 bridgehead atoms. The number of amides is 3. The van der Waals surface area contributed by atoms with Gasteiger partial charge in [-0.2, -0.15) is 0 Å². The van der Waals surface area contributed by atoms with Gasteiger partial charge in [0, 0.05) is 5.71 Å². The Morgan fingerprint density at radius 1 is 1.35 bits per heavy atom. The van der Waals surface area contributed by atoms with Gasteiger partial charge in [-0.1, -0.05) is 26.0 Å². The quantitative estimate of drug-likeness (QED) is 0.882. The summed E-state index contributed by atoms with van der Waals surface area (Å²) in [5.74, 6) is -1.75. The number of carbonyl (C=O) groups excluding carboxylic acids is 2. The number of benzene rings is 1. The molecule has 3 amide bonds. The van der Waals surface area contributed by atoms with Gasteiger partial charge >= 0.3 is 6.03 Å². The number of nitrogens with two attached hydrogens (primary N) is 1. The lowest BCUT2D eigenvalue weighted by Gasteiger charge is -2.31. The molecule has 3 N–H and O–H groups in total. The number of rotatable bonds is 3. The minimum atomic E-state index is -0.724. The molecule has 20 heavy (non-hydrogen) atoms. The Hall–Kier alpha value is -2.24. The largest absolute Gasteiger partial charge is 0.369 e. The number of hydrogen-bond donors (Lipinski definition) is 2. The third kappa shape index (κ3) is 2.68. The predicted octanol–water partition coefficient (Wildman–Crippen LogP) is 1.79. The third-order valence-corrected chi connectivity index (χ3v) is 3.29. The van der Waals surface area contributed by atoms with E-state index in [0.29, 0.717) is 11.3 Å². The van der Waals surface area contributed by atoms with E-state index in [9.17, 15) is 14.0 Å². The summed E-state index contributed by atoms with van der Waals surface area (Å²) in [6.07, 6.45) is 0. The molecule has 2 atom stereocenters. The maximum absolute atomic E-state index is 13.0. The van der Waals surface area contributed by atoms with Gasteiger partial charge in [-0.05, 0) is 23.6 Å². The van der Waals surface area contributed by atoms with Gasteiger partial charge < -0.3 is 11.1 Å². The van der Waals surface area contributed by atoms with Gasteiger partial charge in [0.25, 0.3) is 0 Å². The Morgan fingerprint density at radius 2 is 1.95 bits per heavy atom. The molecule has 6 heteroatoms. The van der Waals surface area contributed by atoms with Crippen molar-refractivity contribution in [3.63, 3.8) is 0 Å². The lowest BCUT2D eigenvalue weighted by atomic mass is 9.83. The number of halogens is 1. The molecule has 0 radical (unpaired) electrons. The molecule has 1 aliphatic rings. The standard InChI is InChI=1S/C14H16FN3O2/c1-7(2)11-10(13(16)19)12(18-14(20)17-11)8-3-5-9(15)6-4-8/h3-7,10,12H,1-2H3,(H2,16,19)(H,18,20). The molecular weight excluding hydrogens is 261 g/mol. The first-order valence-electron chi connectivity index (χ1n) is 6.34. The second-order valence-corrected chi connectivity index (χ2v) is 5.05. The number of nitrogens with zero attached hydrogens (tertiary/aromatic N) is 1. The first-order chi connectivity index (χ1) is 9.40. The summed E-state index contributed by atoms with van der Waals surface area (Å²) in [5, 5.41) is 2.62. The average molecular weight is 277 g/mol. The van der Waals surface area contributed by atoms with E-state index in [2.05, 4.69) is 10.3 Å². The highest BCUT2D eigenvalue weighted by Gasteiger charge is 2.38. The van der Waals surface area contributed by atoms with Crippen LogP contribution in [0.2, 0.25) is 0 Å². The van der Waals surface area contributed by atoms with Crippen molar-refractivity contribution < 1.29 is 14.0 Å². The molecule has 106 valence electrons. The Bertz CT molecular complexity index is 566. The van der Waals surface area contributed by atoms with Crippen molar-refractivity contribution in [3.05, 3.63) is 35.6 Å². The number of primary amides is 1. The van der Waals surface area contributed by atoms with Crippen LogP contribution in [-0.4, -0.2) is 17.6 Å². The van der Waals surface area contributed by atoms with Crippen LogP contribution >= 0.6 is 0 Å². The van der Waals surface area contributed by atoms with Gasteiger partial charge in [-0.15, -0.1) is 0 Å². The van der Waals surface area contributed by atoms with Gasteiger partial charge in [0.15, 0.2) is 0 Å². The number of carbonyl (C=O) groups is 2. The zero-order valence-electron chi connectivity index (χ0n) is 11.3. The van der Waals surface area contributed by atoms with E-state index in [-0.39, 0.29) is 11.7 Å². The lowest BCUT2D eigenvalue weighted by molar-refractivity contribution is -0.120. The molecule has 0 fully saturated rings. The molecule has 2 unspecified atom stereocenters. The molecule has 1 heterocycles. The van der Waals surface area contributed by atoms with Crippen LogP contribution in [0.4, 0.5) is 9.18 Å². The number of nitrogens with one attached hydrogen (secondary N) is 1. The molecule has 0 aromatic heterocycles. The summed E-state index contributed by atoms with van der Waals surface area (Å²) in [5.41, 5.74) is 6.53. The Labute approximate surface area is 116 Å². The first-order valence-corrected chi connectivity index (χ1v) is 6.34. The highest BCUT2D eigenvalue weighted by atomic mass is 19.1. The van der Waals surface area contributed by atoms with Crippen molar-refractivity contribution in [1.29, 1.82) is 0 Å². The molecule has 5 nitrogen and oxygen atoms in total. The Morgan fingerprint density at radius 3 is 2.45 bits per heavy atom. The molecule has 0 saturated carbocycles. The minimum Gasteiger partial charge on any atom is -0.369 e. The van der Waals surface area contributed by atoms with E-state index in [1.165, 1.54) is 24.3 Å². The van der Waals surface area contributed by atoms with E-state index in [0.717, 1.165) is 0 Å². The van der Waals surface area contributed by atoms with Crippen LogP contribution in [0.3, 0.4) is 0 Å². The normalized spacial score (nSPS) is 22.4. The number of urea groups is 1. The lowest BCUT2D eigenvalue weighted by Crippen LogP contribution is -2.48. The van der Waals surface area contributed by atoms with E-state index in [4.69, 9.17) is 5.73 Å². The molecular formula is C14H16FN3O2. The molecule has 0 saturated heterocycles. The fourth-order valence-electron chi connectivity index (χ4n) is 2.35. The Balaban J connectivity index is 2.46. The van der Waals surface area contributed by atoms with Crippen molar-refractivity contribution in [2.24, 2.45) is 22.6 Å². The summed E-state index contributed by atoms with van der Waals surface area (Å²) in [7, 11) is 0. The zero-order chi connectivity index (χ0) is 14.9. The van der Waals surface area contributed by atoms with Crippen molar-refractivity contribution in [2.75, 3.05) is 0 Å². The number of aliphatic imine (C=N–C) groups is 1. The Kier molecular flexibility index (Phi) is 3.83. The van der Waals surface area contributed by atoms with Crippen LogP contribution in [0.25, 0.3) is 0 Å². The SMILES string of the molecule is CC(C)C1=NC(=O)NC(c2ccc(F)cc2)C1C(N)=O. The second-order valence-electron chi connectivity index (χ2n) is 5.05. The highest BCUT2D eigenvalue weighted by molar-refractivity contribution is 6.10. The van der Waals surface area contributed by atoms with E-state index >= 15 is 0 Å². The van der Waals surface area contributed by atoms with Gasteiger partial charge in [-0.3, -0.25) is 4.79 Å². The molecule has 0 spiro atoms. The molecule has 1 aromatic rings. The molecule has 1 aromatic carbocycles. The van der Waals surface area contributed by atoms with Crippen molar-refractivity contribution in [1.82, 2.24) is 5.32 Å². The van der Waals surface area contributed by atoms with Crippen LogP contribution in [0.5, 0.6) is 0 Å². The van der Waals surface area contributed by atoms with Gasteiger partial charge in [0.05, 0.1) is 6.04 Å². The fourth-order valence-corrected chi connectivity index (χ4v) is 2.35. The molecule has 2 rings (SSSR count). The van der Waals surface area contributed by atoms with Crippen molar-refractivity contribution in [3.8, 4) is 0 Å². The van der Waals surface area contributed by atoms with Gasteiger partial charge in [-0.25, -0.2) is 14.2 Å². The summed E-state index contributed by atoms with van der Waals surface area (Å²) in [6, 6.07) is 4.48. The van der Waals surface area contributed by atoms with E-state index < -0.39 is 23.9 Å². The van der Waals surface area contributed by atoms with Gasteiger partial charge in [0.2, 0.25) is 5.91 Å². The van der Waals surface area contributed by atoms with Crippen LogP contribution in [-0.2, 0) is 4.79 Å².